The first-order valence-corrected chi connectivity index (χ1v) is 11.1. The molecule has 2 aromatic rings. The maximum Gasteiger partial charge on any atom is 0.261 e. The second-order valence-corrected chi connectivity index (χ2v) is 9.67. The monoisotopic (exact) mass is 398 g/mol. The number of piperidine rings is 1. The Kier molecular flexibility index (Phi) is 5.31. The minimum atomic E-state index is -3.89. The van der Waals surface area contributed by atoms with Crippen LogP contribution < -0.4 is 4.72 Å². The van der Waals surface area contributed by atoms with Crippen molar-refractivity contribution in [3.8, 4) is 0 Å². The molecule has 0 saturated carbocycles. The Morgan fingerprint density at radius 1 is 0.769 bits per heavy atom. The lowest BCUT2D eigenvalue weighted by atomic mass is 10.2. The van der Waals surface area contributed by atoms with E-state index in [0.717, 1.165) is 31.4 Å². The minimum Gasteiger partial charge on any atom is -0.280 e. The summed E-state index contributed by atoms with van der Waals surface area (Å²) in [5.74, 6) is -0.472. The van der Waals surface area contributed by atoms with E-state index in [1.807, 2.05) is 0 Å². The van der Waals surface area contributed by atoms with E-state index in [1.54, 1.807) is 0 Å². The molecule has 2 aromatic carbocycles. The van der Waals surface area contributed by atoms with Gasteiger partial charge in [0.05, 0.1) is 9.79 Å². The fourth-order valence-electron chi connectivity index (χ4n) is 2.78. The van der Waals surface area contributed by atoms with Crippen molar-refractivity contribution in [2.75, 3.05) is 17.8 Å². The first-order valence-electron chi connectivity index (χ1n) is 8.18. The largest absolute Gasteiger partial charge is 0.280 e. The number of hydrogen-bond acceptors (Lipinski definition) is 4. The zero-order valence-electron chi connectivity index (χ0n) is 13.9. The number of hydrogen-bond donors (Lipinski definition) is 1. The van der Waals surface area contributed by atoms with Gasteiger partial charge in [0.25, 0.3) is 10.0 Å². The normalized spacial score (nSPS) is 16.3. The standard InChI is InChI=1S/C17H19FN2O4S2/c18-14-4-6-15(7-5-14)19-25(21,22)16-8-10-17(11-9-16)26(23,24)20-12-2-1-3-13-20/h4-11,19H,1-3,12-13H2. The summed E-state index contributed by atoms with van der Waals surface area (Å²) >= 11 is 0. The Balaban J connectivity index is 1.81. The van der Waals surface area contributed by atoms with E-state index in [9.17, 15) is 21.2 Å². The third kappa shape index (κ3) is 4.05. The fraction of sp³-hybridized carbons (Fsp3) is 0.294. The Bertz CT molecular complexity index is 966. The molecule has 1 N–H and O–H groups in total. The average Bonchev–Trinajstić information content (AvgIpc) is 2.64. The van der Waals surface area contributed by atoms with Crippen LogP contribution in [0.4, 0.5) is 10.1 Å². The maximum atomic E-state index is 12.9. The summed E-state index contributed by atoms with van der Waals surface area (Å²) < 4.78 is 66.6. The van der Waals surface area contributed by atoms with Gasteiger partial charge in [-0.25, -0.2) is 21.2 Å². The van der Waals surface area contributed by atoms with Gasteiger partial charge in [-0.15, -0.1) is 0 Å². The summed E-state index contributed by atoms with van der Waals surface area (Å²) in [5.41, 5.74) is 0.219. The van der Waals surface area contributed by atoms with Crippen LogP contribution in [-0.2, 0) is 20.0 Å². The quantitative estimate of drug-likeness (QED) is 0.839. The van der Waals surface area contributed by atoms with E-state index >= 15 is 0 Å². The number of anilines is 1. The van der Waals surface area contributed by atoms with Crippen molar-refractivity contribution < 1.29 is 21.2 Å². The summed E-state index contributed by atoms with van der Waals surface area (Å²) in [4.78, 5) is -0.000415. The van der Waals surface area contributed by atoms with Crippen LogP contribution in [0.3, 0.4) is 0 Å². The lowest BCUT2D eigenvalue weighted by Crippen LogP contribution is -2.35. The average molecular weight is 398 g/mol. The molecule has 1 aliphatic rings. The summed E-state index contributed by atoms with van der Waals surface area (Å²) in [5, 5.41) is 0. The molecule has 0 unspecified atom stereocenters. The molecule has 1 saturated heterocycles. The molecule has 0 aliphatic carbocycles. The predicted octanol–water partition coefficient (Wildman–Crippen LogP) is 2.80. The molecule has 0 radical (unpaired) electrons. The van der Waals surface area contributed by atoms with Crippen molar-refractivity contribution in [1.29, 1.82) is 0 Å². The van der Waals surface area contributed by atoms with E-state index in [-0.39, 0.29) is 15.5 Å². The Morgan fingerprint density at radius 2 is 1.31 bits per heavy atom. The van der Waals surface area contributed by atoms with E-state index in [2.05, 4.69) is 4.72 Å². The van der Waals surface area contributed by atoms with Crippen LogP contribution >= 0.6 is 0 Å². The van der Waals surface area contributed by atoms with Crippen molar-refractivity contribution in [3.05, 3.63) is 54.3 Å². The highest BCUT2D eigenvalue weighted by atomic mass is 32.2. The molecule has 0 spiro atoms. The molecule has 3 rings (SSSR count). The third-order valence-electron chi connectivity index (χ3n) is 4.18. The van der Waals surface area contributed by atoms with E-state index < -0.39 is 25.9 Å². The Labute approximate surface area is 152 Å². The highest BCUT2D eigenvalue weighted by Gasteiger charge is 2.26. The minimum absolute atomic E-state index is 0.0696. The van der Waals surface area contributed by atoms with Gasteiger partial charge in [-0.1, -0.05) is 6.42 Å². The second-order valence-electron chi connectivity index (χ2n) is 6.05. The molecule has 140 valence electrons. The number of nitrogens with zero attached hydrogens (tertiary/aromatic N) is 1. The first kappa shape index (κ1) is 18.8. The van der Waals surface area contributed by atoms with Crippen LogP contribution in [0.15, 0.2) is 58.3 Å². The van der Waals surface area contributed by atoms with Crippen molar-refractivity contribution >= 4 is 25.7 Å². The van der Waals surface area contributed by atoms with Gasteiger partial charge in [-0.3, -0.25) is 4.72 Å². The number of halogens is 1. The van der Waals surface area contributed by atoms with Crippen LogP contribution in [0.2, 0.25) is 0 Å². The van der Waals surface area contributed by atoms with Crippen LogP contribution in [0, 0.1) is 5.82 Å². The molecule has 0 aromatic heterocycles. The molecule has 6 nitrogen and oxygen atoms in total. The van der Waals surface area contributed by atoms with Gasteiger partial charge in [0.2, 0.25) is 10.0 Å². The highest BCUT2D eigenvalue weighted by Crippen LogP contribution is 2.23. The molecule has 0 amide bonds. The lowest BCUT2D eigenvalue weighted by molar-refractivity contribution is 0.346. The van der Waals surface area contributed by atoms with Crippen molar-refractivity contribution in [3.63, 3.8) is 0 Å². The van der Waals surface area contributed by atoms with Gasteiger partial charge >= 0.3 is 0 Å². The zero-order valence-corrected chi connectivity index (χ0v) is 15.6. The van der Waals surface area contributed by atoms with Gasteiger partial charge in [0.1, 0.15) is 5.82 Å². The lowest BCUT2D eigenvalue weighted by Gasteiger charge is -2.25. The third-order valence-corrected chi connectivity index (χ3v) is 7.49. The van der Waals surface area contributed by atoms with Crippen LogP contribution in [-0.4, -0.2) is 34.2 Å². The summed E-state index contributed by atoms with van der Waals surface area (Å²) in [6, 6.07) is 10.0. The summed E-state index contributed by atoms with van der Waals surface area (Å²) in [7, 11) is -7.51. The Morgan fingerprint density at radius 3 is 1.88 bits per heavy atom. The molecule has 26 heavy (non-hydrogen) atoms. The molecule has 0 atom stereocenters. The number of rotatable bonds is 5. The maximum absolute atomic E-state index is 12.9. The van der Waals surface area contributed by atoms with Gasteiger partial charge < -0.3 is 0 Å². The van der Waals surface area contributed by atoms with Crippen LogP contribution in [0.1, 0.15) is 19.3 Å². The van der Waals surface area contributed by atoms with Gasteiger partial charge in [0.15, 0.2) is 0 Å². The predicted molar refractivity (Wildman–Crippen MR) is 96.3 cm³/mol. The number of nitrogens with one attached hydrogen (secondary N) is 1. The molecule has 1 fully saturated rings. The van der Waals surface area contributed by atoms with Crippen LogP contribution in [0.5, 0.6) is 0 Å². The van der Waals surface area contributed by atoms with E-state index in [0.29, 0.717) is 13.1 Å². The number of benzene rings is 2. The smallest absolute Gasteiger partial charge is 0.261 e. The van der Waals surface area contributed by atoms with Gasteiger partial charge in [-0.2, -0.15) is 4.31 Å². The van der Waals surface area contributed by atoms with Crippen LogP contribution in [0.25, 0.3) is 0 Å². The van der Waals surface area contributed by atoms with E-state index in [4.69, 9.17) is 0 Å². The van der Waals surface area contributed by atoms with E-state index in [1.165, 1.54) is 40.7 Å². The molecule has 1 heterocycles. The summed E-state index contributed by atoms with van der Waals surface area (Å²) in [6.07, 6.45) is 2.67. The number of sulfonamides is 2. The second kappa shape index (κ2) is 7.34. The zero-order chi connectivity index (χ0) is 18.8. The fourth-order valence-corrected chi connectivity index (χ4v) is 5.35. The van der Waals surface area contributed by atoms with Crippen molar-refractivity contribution in [1.82, 2.24) is 4.31 Å². The SMILES string of the molecule is O=S(=O)(Nc1ccc(F)cc1)c1ccc(S(=O)(=O)N2CCCCC2)cc1. The van der Waals surface area contributed by atoms with Crippen molar-refractivity contribution in [2.45, 2.75) is 29.1 Å². The molecule has 9 heteroatoms. The molecule has 0 bridgehead atoms. The first-order chi connectivity index (χ1) is 12.3. The van der Waals surface area contributed by atoms with Crippen molar-refractivity contribution in [2.24, 2.45) is 0 Å². The highest BCUT2D eigenvalue weighted by molar-refractivity contribution is 7.92. The van der Waals surface area contributed by atoms with Gasteiger partial charge in [-0.05, 0) is 61.4 Å². The Hall–Kier alpha value is -1.97. The molecule has 1 aliphatic heterocycles. The topological polar surface area (TPSA) is 83.5 Å². The molecular weight excluding hydrogens is 379 g/mol. The molecular formula is C17H19FN2O4S2. The summed E-state index contributed by atoms with van der Waals surface area (Å²) in [6.45, 7) is 0.961. The van der Waals surface area contributed by atoms with Gasteiger partial charge in [0, 0.05) is 18.8 Å².